The lowest BCUT2D eigenvalue weighted by Gasteiger charge is -2.28. The molecule has 4 rings (SSSR count). The predicted molar refractivity (Wildman–Crippen MR) is 160 cm³/mol. The number of Topliss-reactive ketones (excluding diaryl/α,β-unsaturated/α-hetero) is 1. The lowest BCUT2D eigenvalue weighted by Crippen LogP contribution is -2.38. The summed E-state index contributed by atoms with van der Waals surface area (Å²) in [6.45, 7) is 15.9. The molecule has 0 aromatic heterocycles. The minimum absolute atomic E-state index is 0.0475. The Balaban J connectivity index is 1.78. The molecule has 2 heterocycles. The number of fused-ring (bicyclic) bond motifs is 1. The van der Waals surface area contributed by atoms with Crippen LogP contribution in [-0.4, -0.2) is 72.1 Å². The monoisotopic (exact) mass is 564 g/mol. The number of rotatable bonds is 13. The van der Waals surface area contributed by atoms with E-state index >= 15 is 0 Å². The second kappa shape index (κ2) is 13.4. The van der Waals surface area contributed by atoms with Crippen LogP contribution in [0.3, 0.4) is 0 Å². The molecule has 41 heavy (non-hydrogen) atoms. The molecule has 2 aromatic carbocycles. The van der Waals surface area contributed by atoms with Crippen LogP contribution in [0.1, 0.15) is 70.7 Å². The highest BCUT2D eigenvalue weighted by Crippen LogP contribution is 2.43. The molecule has 2 atom stereocenters. The molecule has 1 amide bonds. The summed E-state index contributed by atoms with van der Waals surface area (Å²) in [6.07, 6.45) is 1.67. The van der Waals surface area contributed by atoms with Crippen molar-refractivity contribution in [3.05, 3.63) is 58.7 Å². The molecular formula is C33H44N2O6. The Kier molecular flexibility index (Phi) is 9.97. The second-order valence-electron chi connectivity index (χ2n) is 11.1. The molecule has 222 valence electrons. The number of benzene rings is 2. The summed E-state index contributed by atoms with van der Waals surface area (Å²) >= 11 is 0. The van der Waals surface area contributed by atoms with Gasteiger partial charge in [-0.1, -0.05) is 33.8 Å². The van der Waals surface area contributed by atoms with Gasteiger partial charge in [-0.15, -0.1) is 0 Å². The van der Waals surface area contributed by atoms with Crippen molar-refractivity contribution in [3.63, 3.8) is 0 Å². The summed E-state index contributed by atoms with van der Waals surface area (Å²) in [5.41, 5.74) is 2.22. The molecule has 0 aliphatic carbocycles. The van der Waals surface area contributed by atoms with Crippen LogP contribution < -0.4 is 14.2 Å². The first-order valence-electron chi connectivity index (χ1n) is 14.9. The minimum atomic E-state index is -0.766. The topological polar surface area (TPSA) is 88.5 Å². The number of aliphatic hydroxyl groups is 1. The number of hydrogen-bond acceptors (Lipinski definition) is 7. The van der Waals surface area contributed by atoms with Crippen LogP contribution in [0.2, 0.25) is 0 Å². The van der Waals surface area contributed by atoms with Crippen LogP contribution in [0, 0.1) is 5.92 Å². The van der Waals surface area contributed by atoms with Crippen molar-refractivity contribution >= 4 is 17.4 Å². The molecular weight excluding hydrogens is 520 g/mol. The van der Waals surface area contributed by atoms with Crippen LogP contribution in [0.25, 0.3) is 5.76 Å². The van der Waals surface area contributed by atoms with Crippen LogP contribution in [0.5, 0.6) is 17.2 Å². The molecule has 8 heteroatoms. The molecule has 8 nitrogen and oxygen atoms in total. The molecule has 2 aromatic rings. The highest BCUT2D eigenvalue weighted by atomic mass is 16.5. The molecule has 1 saturated heterocycles. The molecule has 0 saturated carbocycles. The first-order valence-corrected chi connectivity index (χ1v) is 14.9. The van der Waals surface area contributed by atoms with Gasteiger partial charge in [0, 0.05) is 25.1 Å². The van der Waals surface area contributed by atoms with Crippen molar-refractivity contribution in [1.82, 2.24) is 9.80 Å². The van der Waals surface area contributed by atoms with Gasteiger partial charge in [0.05, 0.1) is 24.8 Å². The maximum atomic E-state index is 13.6. The summed E-state index contributed by atoms with van der Waals surface area (Å²) in [5.74, 6) is 0.959. The zero-order valence-corrected chi connectivity index (χ0v) is 25.2. The van der Waals surface area contributed by atoms with E-state index in [-0.39, 0.29) is 17.4 Å². The third-order valence-electron chi connectivity index (χ3n) is 7.80. The van der Waals surface area contributed by atoms with Crippen molar-refractivity contribution < 1.29 is 28.9 Å². The summed E-state index contributed by atoms with van der Waals surface area (Å²) in [6, 6.07) is 10.2. The quantitative estimate of drug-likeness (QED) is 0.193. The number of likely N-dealkylation sites (N-methyl/N-ethyl adjacent to an activating group) is 1. The molecule has 1 fully saturated rings. The maximum absolute atomic E-state index is 13.6. The fourth-order valence-electron chi connectivity index (χ4n) is 5.46. The predicted octanol–water partition coefficient (Wildman–Crippen LogP) is 5.60. The number of likely N-dealkylation sites (tertiary alicyclic amines) is 1. The lowest BCUT2D eigenvalue weighted by atomic mass is 9.94. The largest absolute Gasteiger partial charge is 0.507 e. The Morgan fingerprint density at radius 1 is 1.07 bits per heavy atom. The number of hydrogen-bond donors (Lipinski definition) is 1. The number of amides is 1. The average molecular weight is 565 g/mol. The van der Waals surface area contributed by atoms with E-state index in [9.17, 15) is 14.7 Å². The highest BCUT2D eigenvalue weighted by molar-refractivity contribution is 6.46. The number of aliphatic hydroxyl groups excluding tert-OH is 1. The number of nitrogens with zero attached hydrogens (tertiary/aromatic N) is 2. The Bertz CT molecular complexity index is 1280. The fraction of sp³-hybridized carbons (Fsp3) is 0.515. The molecule has 0 bridgehead atoms. The third kappa shape index (κ3) is 6.70. The number of ketones is 1. The number of carbonyl (C=O) groups excluding carboxylic acids is 2. The summed E-state index contributed by atoms with van der Waals surface area (Å²) in [5, 5.41) is 11.6. The molecule has 0 unspecified atom stereocenters. The van der Waals surface area contributed by atoms with E-state index in [1.54, 1.807) is 11.0 Å². The van der Waals surface area contributed by atoms with Gasteiger partial charge in [0.25, 0.3) is 11.7 Å². The molecule has 2 aliphatic heterocycles. The van der Waals surface area contributed by atoms with Crippen LogP contribution in [-0.2, 0) is 16.0 Å². The van der Waals surface area contributed by atoms with Gasteiger partial charge in [-0.05, 0) is 80.7 Å². The first kappa shape index (κ1) is 30.4. The Morgan fingerprint density at radius 3 is 2.51 bits per heavy atom. The van der Waals surface area contributed by atoms with E-state index in [0.717, 1.165) is 30.8 Å². The summed E-state index contributed by atoms with van der Waals surface area (Å²) in [4.78, 5) is 30.8. The smallest absolute Gasteiger partial charge is 0.295 e. The van der Waals surface area contributed by atoms with E-state index < -0.39 is 17.7 Å². The fourth-order valence-corrected chi connectivity index (χ4v) is 5.46. The van der Waals surface area contributed by atoms with E-state index in [1.165, 1.54) is 0 Å². The van der Waals surface area contributed by atoms with Crippen LogP contribution >= 0.6 is 0 Å². The van der Waals surface area contributed by atoms with Crippen LogP contribution in [0.4, 0.5) is 0 Å². The molecule has 1 N–H and O–H groups in total. The first-order chi connectivity index (χ1) is 19.7. The van der Waals surface area contributed by atoms with Crippen molar-refractivity contribution in [2.24, 2.45) is 5.92 Å². The molecule has 2 aliphatic rings. The lowest BCUT2D eigenvalue weighted by molar-refractivity contribution is -0.140. The van der Waals surface area contributed by atoms with E-state index in [1.807, 2.05) is 44.2 Å². The maximum Gasteiger partial charge on any atom is 0.295 e. The third-order valence-corrected chi connectivity index (χ3v) is 7.80. The van der Waals surface area contributed by atoms with Crippen molar-refractivity contribution in [1.29, 1.82) is 0 Å². The Labute approximate surface area is 243 Å². The van der Waals surface area contributed by atoms with E-state index in [2.05, 4.69) is 32.6 Å². The SMILES string of the molecule is CCOc1cc([C@H]2/C(=C(\O)c3ccc4c(c3)C[C@@H](C)O4)C(=O)C(=O)N2CCN(CC)CC)ccc1OCCC(C)C. The van der Waals surface area contributed by atoms with Crippen molar-refractivity contribution in [2.75, 3.05) is 39.4 Å². The van der Waals surface area contributed by atoms with Gasteiger partial charge in [-0.3, -0.25) is 9.59 Å². The van der Waals surface area contributed by atoms with Crippen LogP contribution in [0.15, 0.2) is 42.0 Å². The normalized spacial score (nSPS) is 19.7. The van der Waals surface area contributed by atoms with Gasteiger partial charge < -0.3 is 29.1 Å². The average Bonchev–Trinajstić information content (AvgIpc) is 3.44. The highest BCUT2D eigenvalue weighted by Gasteiger charge is 2.46. The van der Waals surface area contributed by atoms with E-state index in [0.29, 0.717) is 61.3 Å². The van der Waals surface area contributed by atoms with Gasteiger partial charge in [0.1, 0.15) is 17.6 Å². The minimum Gasteiger partial charge on any atom is -0.507 e. The Hall–Kier alpha value is -3.52. The number of ether oxygens (including phenoxy) is 3. The molecule has 0 radical (unpaired) electrons. The zero-order valence-electron chi connectivity index (χ0n) is 25.2. The zero-order chi connectivity index (χ0) is 29.7. The summed E-state index contributed by atoms with van der Waals surface area (Å²) in [7, 11) is 0. The number of carbonyl (C=O) groups is 2. The summed E-state index contributed by atoms with van der Waals surface area (Å²) < 4.78 is 17.8. The van der Waals surface area contributed by atoms with Gasteiger partial charge in [-0.25, -0.2) is 0 Å². The Morgan fingerprint density at radius 2 is 1.83 bits per heavy atom. The van der Waals surface area contributed by atoms with Gasteiger partial charge in [-0.2, -0.15) is 0 Å². The molecule has 0 spiro atoms. The standard InChI is InChI=1S/C33H44N2O6/c1-7-34(8-2)15-16-35-30(23-10-13-27(28(20-23)39-9-3)40-17-14-21(4)5)29(32(37)33(35)38)31(36)24-11-12-26-25(19-24)18-22(6)41-26/h10-13,19-22,30,36H,7-9,14-18H2,1-6H3/b31-29+/t22-,30+/m1/s1. The van der Waals surface area contributed by atoms with Crippen molar-refractivity contribution in [2.45, 2.75) is 66.5 Å². The van der Waals surface area contributed by atoms with Gasteiger partial charge in [0.15, 0.2) is 11.5 Å². The van der Waals surface area contributed by atoms with Crippen molar-refractivity contribution in [3.8, 4) is 17.2 Å². The van der Waals surface area contributed by atoms with E-state index in [4.69, 9.17) is 14.2 Å². The van der Waals surface area contributed by atoms with Gasteiger partial charge in [0.2, 0.25) is 0 Å². The second-order valence-corrected chi connectivity index (χ2v) is 11.1. The van der Waals surface area contributed by atoms with Gasteiger partial charge >= 0.3 is 0 Å².